The summed E-state index contributed by atoms with van der Waals surface area (Å²) in [5.41, 5.74) is 0. The molecule has 0 radical (unpaired) electrons. The van der Waals surface area contributed by atoms with Gasteiger partial charge in [-0.1, -0.05) is 295 Å². The predicted octanol–water partition coefficient (Wildman–Crippen LogP) is 18.1. The number of carbonyl (C=O) groups excluding carboxylic acids is 1. The smallest absolute Gasteiger partial charge is 0.222 e. The minimum Gasteiger partial charge on any atom is -0.394 e. The van der Waals surface area contributed by atoms with Crippen LogP contribution in [0.25, 0.3) is 0 Å². The average Bonchev–Trinajstić information content (AvgIpc) is 3.29. The van der Waals surface area contributed by atoms with E-state index in [0.717, 1.165) is 25.7 Å². The maximum atomic E-state index is 12.5. The molecule has 0 spiro atoms. The van der Waals surface area contributed by atoms with Crippen LogP contribution in [0.1, 0.15) is 322 Å². The van der Waals surface area contributed by atoms with Gasteiger partial charge in [0.2, 0.25) is 5.91 Å². The van der Waals surface area contributed by atoms with Crippen LogP contribution in [0, 0.1) is 0 Å². The van der Waals surface area contributed by atoms with Gasteiger partial charge >= 0.3 is 0 Å². The second-order valence-corrected chi connectivity index (χ2v) is 20.3. The Bertz CT molecular complexity index is 951. The Balaban J connectivity index is 3.54. The van der Waals surface area contributed by atoms with Crippen LogP contribution in [0.2, 0.25) is 0 Å². The number of hydrogen-bond acceptors (Lipinski definition) is 4. The second kappa shape index (κ2) is 54.4. The summed E-state index contributed by atoms with van der Waals surface area (Å²) in [6, 6.07) is -0.743. The van der Waals surface area contributed by atoms with E-state index in [1.165, 1.54) is 270 Å². The lowest BCUT2D eigenvalue weighted by Crippen LogP contribution is -2.45. The van der Waals surface area contributed by atoms with Gasteiger partial charge in [0.25, 0.3) is 0 Å². The summed E-state index contributed by atoms with van der Waals surface area (Å²) in [7, 11) is 0. The molecule has 380 valence electrons. The normalized spacial score (nSPS) is 13.4. The van der Waals surface area contributed by atoms with Crippen LogP contribution in [0.15, 0.2) is 24.3 Å². The minimum absolute atomic E-state index is 0.0164. The Morgan fingerprint density at radius 2 is 0.656 bits per heavy atom. The number of allylic oxidation sites excluding steroid dienone is 3. The van der Waals surface area contributed by atoms with E-state index in [9.17, 15) is 20.1 Å². The van der Waals surface area contributed by atoms with Crippen LogP contribution >= 0.6 is 0 Å². The lowest BCUT2D eigenvalue weighted by molar-refractivity contribution is -0.124. The van der Waals surface area contributed by atoms with Crippen molar-refractivity contribution in [3.63, 3.8) is 0 Å². The highest BCUT2D eigenvalue weighted by molar-refractivity contribution is 5.76. The number of carbonyl (C=O) groups is 1. The predicted molar refractivity (Wildman–Crippen MR) is 282 cm³/mol. The fourth-order valence-electron chi connectivity index (χ4n) is 9.28. The van der Waals surface area contributed by atoms with Gasteiger partial charge in [0.1, 0.15) is 0 Å². The first-order valence-electron chi connectivity index (χ1n) is 29.1. The molecular formula is C59H115NO4. The zero-order chi connectivity index (χ0) is 46.5. The van der Waals surface area contributed by atoms with Crippen molar-refractivity contribution in [2.75, 3.05) is 6.61 Å². The van der Waals surface area contributed by atoms with Gasteiger partial charge in [-0.05, 0) is 44.9 Å². The first-order valence-corrected chi connectivity index (χ1v) is 29.1. The topological polar surface area (TPSA) is 89.8 Å². The standard InChI is InChI=1S/C59H115NO4/c1-3-5-7-9-11-13-15-17-19-21-23-25-26-27-28-29-30-31-33-34-36-38-40-42-44-46-48-50-52-56(62)54-59(64)60-57(55-61)58(63)53-51-49-47-45-43-41-39-37-35-32-24-22-20-18-16-14-12-10-8-6-4-2/h27-28,51,53,56-58,61-63H,3-26,29-50,52,54-55H2,1-2H3,(H,60,64)/b28-27-,53-51+. The number of hydrogen-bond donors (Lipinski definition) is 4. The molecule has 1 amide bonds. The third-order valence-electron chi connectivity index (χ3n) is 13.7. The van der Waals surface area contributed by atoms with Crippen molar-refractivity contribution >= 4 is 5.91 Å². The van der Waals surface area contributed by atoms with E-state index in [1.807, 2.05) is 6.08 Å². The van der Waals surface area contributed by atoms with E-state index in [4.69, 9.17) is 0 Å². The fourth-order valence-corrected chi connectivity index (χ4v) is 9.28. The van der Waals surface area contributed by atoms with E-state index < -0.39 is 18.2 Å². The molecule has 0 aromatic rings. The zero-order valence-corrected chi connectivity index (χ0v) is 43.4. The minimum atomic E-state index is -0.928. The Morgan fingerprint density at radius 1 is 0.391 bits per heavy atom. The van der Waals surface area contributed by atoms with Gasteiger partial charge in [0.05, 0.1) is 31.3 Å². The third-order valence-corrected chi connectivity index (χ3v) is 13.7. The molecule has 0 aromatic heterocycles. The van der Waals surface area contributed by atoms with Crippen LogP contribution < -0.4 is 5.32 Å². The van der Waals surface area contributed by atoms with Crippen LogP contribution in [0.4, 0.5) is 0 Å². The van der Waals surface area contributed by atoms with Crippen molar-refractivity contribution < 1.29 is 20.1 Å². The monoisotopic (exact) mass is 902 g/mol. The second-order valence-electron chi connectivity index (χ2n) is 20.3. The van der Waals surface area contributed by atoms with Crippen molar-refractivity contribution in [2.24, 2.45) is 0 Å². The summed E-state index contributed by atoms with van der Waals surface area (Å²) in [4.78, 5) is 12.5. The molecule has 0 bridgehead atoms. The summed E-state index contributed by atoms with van der Waals surface area (Å²) in [5.74, 6) is -0.310. The van der Waals surface area contributed by atoms with Gasteiger partial charge in [0, 0.05) is 0 Å². The molecule has 0 aliphatic carbocycles. The molecule has 0 aromatic carbocycles. The number of aliphatic hydroxyl groups is 3. The summed E-state index contributed by atoms with van der Waals surface area (Å²) in [6.45, 7) is 4.25. The number of aliphatic hydroxyl groups excluding tert-OH is 3. The van der Waals surface area contributed by atoms with Gasteiger partial charge in [0.15, 0.2) is 0 Å². The molecule has 5 heteroatoms. The Morgan fingerprint density at radius 3 is 0.953 bits per heavy atom. The highest BCUT2D eigenvalue weighted by Crippen LogP contribution is 2.18. The SMILES string of the molecule is CCCCCCCCCCCCCC/C=C\CCCCCCCCCCCCCCC(O)CC(=O)NC(CO)C(O)/C=C/CCCCCCCCCCCCCCCCCCCCC. The van der Waals surface area contributed by atoms with Crippen LogP contribution in [-0.4, -0.2) is 46.1 Å². The molecule has 0 fully saturated rings. The number of nitrogens with one attached hydrogen (secondary N) is 1. The third kappa shape index (κ3) is 50.2. The van der Waals surface area contributed by atoms with Crippen molar-refractivity contribution in [3.05, 3.63) is 24.3 Å². The lowest BCUT2D eigenvalue weighted by atomic mass is 10.0. The summed E-state index contributed by atoms with van der Waals surface area (Å²) >= 11 is 0. The number of amides is 1. The number of rotatable bonds is 54. The van der Waals surface area contributed by atoms with Crippen LogP contribution in [0.3, 0.4) is 0 Å². The molecule has 4 N–H and O–H groups in total. The van der Waals surface area contributed by atoms with E-state index in [1.54, 1.807) is 6.08 Å². The molecule has 0 heterocycles. The summed E-state index contributed by atoms with van der Waals surface area (Å²) in [6.07, 6.45) is 69.4. The van der Waals surface area contributed by atoms with E-state index in [2.05, 4.69) is 31.3 Å². The van der Waals surface area contributed by atoms with Crippen molar-refractivity contribution in [1.29, 1.82) is 0 Å². The Hall–Kier alpha value is -1.17. The molecule has 64 heavy (non-hydrogen) atoms. The van der Waals surface area contributed by atoms with E-state index in [0.29, 0.717) is 6.42 Å². The van der Waals surface area contributed by atoms with Gasteiger partial charge < -0.3 is 20.6 Å². The first kappa shape index (κ1) is 62.8. The van der Waals surface area contributed by atoms with E-state index >= 15 is 0 Å². The van der Waals surface area contributed by atoms with Crippen LogP contribution in [-0.2, 0) is 4.79 Å². The van der Waals surface area contributed by atoms with Gasteiger partial charge in [-0.25, -0.2) is 0 Å². The molecule has 0 saturated heterocycles. The Labute approximate surface area is 401 Å². The molecule has 0 aliphatic heterocycles. The molecule has 5 nitrogen and oxygen atoms in total. The molecular weight excluding hydrogens is 787 g/mol. The maximum Gasteiger partial charge on any atom is 0.222 e. The van der Waals surface area contributed by atoms with Gasteiger partial charge in [-0.3, -0.25) is 4.79 Å². The van der Waals surface area contributed by atoms with E-state index in [-0.39, 0.29) is 18.9 Å². The highest BCUT2D eigenvalue weighted by Gasteiger charge is 2.20. The average molecular weight is 903 g/mol. The lowest BCUT2D eigenvalue weighted by Gasteiger charge is -2.21. The molecule has 3 unspecified atom stereocenters. The number of unbranched alkanes of at least 4 members (excludes halogenated alkanes) is 43. The van der Waals surface area contributed by atoms with Gasteiger partial charge in [-0.2, -0.15) is 0 Å². The molecule has 0 saturated carbocycles. The van der Waals surface area contributed by atoms with Crippen LogP contribution in [0.5, 0.6) is 0 Å². The summed E-state index contributed by atoms with van der Waals surface area (Å²) in [5, 5.41) is 33.5. The fraction of sp³-hybridized carbons (Fsp3) is 0.915. The molecule has 0 aliphatic rings. The maximum absolute atomic E-state index is 12.5. The largest absolute Gasteiger partial charge is 0.394 e. The summed E-state index contributed by atoms with van der Waals surface area (Å²) < 4.78 is 0. The molecule has 0 rings (SSSR count). The zero-order valence-electron chi connectivity index (χ0n) is 43.4. The first-order chi connectivity index (χ1) is 31.5. The molecule has 3 atom stereocenters. The van der Waals surface area contributed by atoms with Crippen molar-refractivity contribution in [1.82, 2.24) is 5.32 Å². The quantitative estimate of drug-likeness (QED) is 0.0362. The van der Waals surface area contributed by atoms with Crippen molar-refractivity contribution in [3.8, 4) is 0 Å². The highest BCUT2D eigenvalue weighted by atomic mass is 16.3. The van der Waals surface area contributed by atoms with Crippen molar-refractivity contribution in [2.45, 2.75) is 340 Å². The Kier molecular flexibility index (Phi) is 53.4. The van der Waals surface area contributed by atoms with Gasteiger partial charge in [-0.15, -0.1) is 0 Å².